The fraction of sp³-hybridized carbons (Fsp3) is 0.417. The Hall–Kier alpha value is -1.62. The molecule has 0 bridgehead atoms. The van der Waals surface area contributed by atoms with E-state index >= 15 is 0 Å². The highest BCUT2D eigenvalue weighted by Crippen LogP contribution is 2.27. The molecule has 0 atom stereocenters. The minimum Gasteiger partial charge on any atom is -0.320 e. The number of carbonyl (C=O) groups is 1. The molecule has 0 saturated heterocycles. The number of hydrogen-bond donors (Lipinski definition) is 1. The number of alkyl halides is 1. The Morgan fingerprint density at radius 2 is 2.11 bits per heavy atom. The van der Waals surface area contributed by atoms with Crippen LogP contribution in [-0.4, -0.2) is 16.7 Å². The van der Waals surface area contributed by atoms with Gasteiger partial charge in [0.05, 0.1) is 10.3 Å². The van der Waals surface area contributed by atoms with Crippen molar-refractivity contribution in [1.82, 2.24) is 0 Å². The van der Waals surface area contributed by atoms with Crippen LogP contribution >= 0.6 is 11.6 Å². The highest BCUT2D eigenvalue weighted by Gasteiger charge is 2.28. The minimum absolute atomic E-state index is 0.117. The first kappa shape index (κ1) is 14.4. The maximum Gasteiger partial charge on any atom is 0.293 e. The molecule has 1 N–H and O–H groups in total. The van der Waals surface area contributed by atoms with E-state index in [-0.39, 0.29) is 23.2 Å². The molecule has 0 aliphatic carbocycles. The first-order chi connectivity index (χ1) is 8.27. The largest absolute Gasteiger partial charge is 0.320 e. The zero-order chi connectivity index (χ0) is 13.9. The van der Waals surface area contributed by atoms with Gasteiger partial charge in [-0.05, 0) is 32.4 Å². The molecule has 0 aromatic heterocycles. The summed E-state index contributed by atoms with van der Waals surface area (Å²) in [4.78, 5) is 22.3. The molecule has 0 aliphatic rings. The van der Waals surface area contributed by atoms with E-state index in [1.54, 1.807) is 26.8 Å². The van der Waals surface area contributed by atoms with Crippen LogP contribution in [0.1, 0.15) is 19.4 Å². The number of halogens is 1. The van der Waals surface area contributed by atoms with Gasteiger partial charge in [0.2, 0.25) is 5.91 Å². The van der Waals surface area contributed by atoms with Crippen molar-refractivity contribution in [3.05, 3.63) is 33.9 Å². The van der Waals surface area contributed by atoms with Crippen molar-refractivity contribution in [2.45, 2.75) is 20.8 Å². The van der Waals surface area contributed by atoms with Crippen LogP contribution in [0.15, 0.2) is 18.2 Å². The number of benzene rings is 1. The third-order valence-electron chi connectivity index (χ3n) is 2.55. The number of amides is 1. The van der Waals surface area contributed by atoms with E-state index in [1.807, 2.05) is 0 Å². The van der Waals surface area contributed by atoms with Gasteiger partial charge in [0.1, 0.15) is 5.69 Å². The fourth-order valence-corrected chi connectivity index (χ4v) is 1.37. The molecule has 0 radical (unpaired) electrons. The van der Waals surface area contributed by atoms with Gasteiger partial charge >= 0.3 is 0 Å². The molecule has 0 heterocycles. The van der Waals surface area contributed by atoms with E-state index in [9.17, 15) is 14.9 Å². The summed E-state index contributed by atoms with van der Waals surface area (Å²) in [7, 11) is 0. The standard InChI is InChI=1S/C12H15ClN2O3/c1-8-4-5-9(10(6-8)15(17)18)14-11(16)12(2,3)7-13/h4-6H,7H2,1-3H3,(H,14,16). The van der Waals surface area contributed by atoms with Gasteiger partial charge in [0.25, 0.3) is 5.69 Å². The molecule has 0 saturated carbocycles. The lowest BCUT2D eigenvalue weighted by Gasteiger charge is -2.20. The zero-order valence-electron chi connectivity index (χ0n) is 10.5. The van der Waals surface area contributed by atoms with Gasteiger partial charge in [-0.15, -0.1) is 11.6 Å². The van der Waals surface area contributed by atoms with Crippen molar-refractivity contribution < 1.29 is 9.72 Å². The fourth-order valence-electron chi connectivity index (χ4n) is 1.25. The maximum atomic E-state index is 11.9. The average Bonchev–Trinajstić information content (AvgIpc) is 2.31. The number of nitro groups is 1. The predicted octanol–water partition coefficient (Wildman–Crippen LogP) is 3.11. The third kappa shape index (κ3) is 3.20. The number of hydrogen-bond acceptors (Lipinski definition) is 3. The summed E-state index contributed by atoms with van der Waals surface area (Å²) in [5.41, 5.74) is 0.0548. The molecule has 5 nitrogen and oxygen atoms in total. The highest BCUT2D eigenvalue weighted by atomic mass is 35.5. The topological polar surface area (TPSA) is 72.2 Å². The summed E-state index contributed by atoms with van der Waals surface area (Å²) >= 11 is 5.69. The lowest BCUT2D eigenvalue weighted by atomic mass is 9.95. The number of nitro benzene ring substituents is 1. The lowest BCUT2D eigenvalue weighted by Crippen LogP contribution is -2.32. The monoisotopic (exact) mass is 270 g/mol. The summed E-state index contributed by atoms with van der Waals surface area (Å²) in [5.74, 6) is -0.206. The lowest BCUT2D eigenvalue weighted by molar-refractivity contribution is -0.384. The summed E-state index contributed by atoms with van der Waals surface area (Å²) < 4.78 is 0. The number of nitrogens with zero attached hydrogens (tertiary/aromatic N) is 1. The molecule has 1 aromatic carbocycles. The van der Waals surface area contributed by atoms with Crippen LogP contribution in [0.2, 0.25) is 0 Å². The summed E-state index contributed by atoms with van der Waals surface area (Å²) in [6.45, 7) is 5.10. The van der Waals surface area contributed by atoms with Gasteiger partial charge in [-0.3, -0.25) is 14.9 Å². The molecule has 98 valence electrons. The summed E-state index contributed by atoms with van der Waals surface area (Å²) in [6.07, 6.45) is 0. The zero-order valence-corrected chi connectivity index (χ0v) is 11.2. The van der Waals surface area contributed by atoms with Crippen LogP contribution in [0.3, 0.4) is 0 Å². The van der Waals surface area contributed by atoms with Crippen LogP contribution in [-0.2, 0) is 4.79 Å². The van der Waals surface area contributed by atoms with Crippen LogP contribution in [0.25, 0.3) is 0 Å². The second kappa shape index (κ2) is 5.35. The van der Waals surface area contributed by atoms with Crippen LogP contribution in [0, 0.1) is 22.5 Å². The normalized spacial score (nSPS) is 11.1. The Labute approximate surface area is 110 Å². The van der Waals surface area contributed by atoms with E-state index in [2.05, 4.69) is 5.32 Å². The highest BCUT2D eigenvalue weighted by molar-refractivity contribution is 6.20. The number of carbonyl (C=O) groups excluding carboxylic acids is 1. The van der Waals surface area contributed by atoms with E-state index in [1.165, 1.54) is 12.1 Å². The van der Waals surface area contributed by atoms with Crippen molar-refractivity contribution in [1.29, 1.82) is 0 Å². The van der Waals surface area contributed by atoms with Crippen molar-refractivity contribution in [3.8, 4) is 0 Å². The van der Waals surface area contributed by atoms with Crippen molar-refractivity contribution in [2.75, 3.05) is 11.2 Å². The summed E-state index contributed by atoms with van der Waals surface area (Å²) in [5, 5.41) is 13.4. The Balaban J connectivity index is 3.05. The van der Waals surface area contributed by atoms with Gasteiger partial charge in [-0.1, -0.05) is 6.07 Å². The molecule has 1 rings (SSSR count). The predicted molar refractivity (Wildman–Crippen MR) is 71.0 cm³/mol. The second-order valence-corrected chi connectivity index (χ2v) is 5.02. The van der Waals surface area contributed by atoms with Crippen LogP contribution in [0.4, 0.5) is 11.4 Å². The van der Waals surface area contributed by atoms with Gasteiger partial charge in [0.15, 0.2) is 0 Å². The number of nitrogens with one attached hydrogen (secondary N) is 1. The average molecular weight is 271 g/mol. The minimum atomic E-state index is -0.777. The Morgan fingerprint density at radius 1 is 1.50 bits per heavy atom. The SMILES string of the molecule is Cc1ccc(NC(=O)C(C)(C)CCl)c([N+](=O)[O-])c1. The summed E-state index contributed by atoms with van der Waals surface area (Å²) in [6, 6.07) is 4.65. The first-order valence-corrected chi connectivity index (χ1v) is 5.94. The molecule has 1 aromatic rings. The Morgan fingerprint density at radius 3 is 2.61 bits per heavy atom. The first-order valence-electron chi connectivity index (χ1n) is 5.40. The van der Waals surface area contributed by atoms with E-state index in [0.717, 1.165) is 5.56 Å². The van der Waals surface area contributed by atoms with E-state index < -0.39 is 10.3 Å². The van der Waals surface area contributed by atoms with Crippen molar-refractivity contribution >= 4 is 28.9 Å². The Bertz CT molecular complexity index is 486. The van der Waals surface area contributed by atoms with Gasteiger partial charge < -0.3 is 5.32 Å². The van der Waals surface area contributed by atoms with Crippen LogP contribution in [0.5, 0.6) is 0 Å². The third-order valence-corrected chi connectivity index (χ3v) is 3.22. The molecule has 0 spiro atoms. The quantitative estimate of drug-likeness (QED) is 0.519. The molecule has 0 aliphatic heterocycles. The van der Waals surface area contributed by atoms with Crippen LogP contribution < -0.4 is 5.32 Å². The molecule has 6 heteroatoms. The second-order valence-electron chi connectivity index (χ2n) is 4.75. The molecule has 18 heavy (non-hydrogen) atoms. The van der Waals surface area contributed by atoms with Gasteiger partial charge in [0, 0.05) is 11.9 Å². The van der Waals surface area contributed by atoms with Crippen molar-refractivity contribution in [2.24, 2.45) is 5.41 Å². The molecule has 1 amide bonds. The number of aryl methyl sites for hydroxylation is 1. The molecular weight excluding hydrogens is 256 g/mol. The number of rotatable bonds is 4. The van der Waals surface area contributed by atoms with Gasteiger partial charge in [-0.2, -0.15) is 0 Å². The molecular formula is C12H15ClN2O3. The smallest absolute Gasteiger partial charge is 0.293 e. The van der Waals surface area contributed by atoms with Crippen molar-refractivity contribution in [3.63, 3.8) is 0 Å². The maximum absolute atomic E-state index is 11.9. The molecule has 0 fully saturated rings. The van der Waals surface area contributed by atoms with E-state index in [0.29, 0.717) is 0 Å². The Kier molecular flexibility index (Phi) is 4.29. The van der Waals surface area contributed by atoms with E-state index in [4.69, 9.17) is 11.6 Å². The van der Waals surface area contributed by atoms with Gasteiger partial charge in [-0.25, -0.2) is 0 Å². The number of anilines is 1. The molecule has 0 unspecified atom stereocenters.